The average molecular weight is 387 g/mol. The Hall–Kier alpha value is -4.14. The Kier molecular flexibility index (Phi) is 4.70. The summed E-state index contributed by atoms with van der Waals surface area (Å²) in [6, 6.07) is 11.1. The van der Waals surface area contributed by atoms with Gasteiger partial charge in [0.25, 0.3) is 5.84 Å². The van der Waals surface area contributed by atoms with Crippen molar-refractivity contribution in [3.05, 3.63) is 66.7 Å². The molecule has 3 aromatic heterocycles. The lowest BCUT2D eigenvalue weighted by Gasteiger charge is -2.07. The quantitative estimate of drug-likeness (QED) is 0.277. The molecule has 0 atom stereocenters. The van der Waals surface area contributed by atoms with Gasteiger partial charge in [0.2, 0.25) is 5.82 Å². The highest BCUT2D eigenvalue weighted by Gasteiger charge is 2.16. The summed E-state index contributed by atoms with van der Waals surface area (Å²) in [4.78, 5) is 8.26. The van der Waals surface area contributed by atoms with Crippen LogP contribution in [0.3, 0.4) is 0 Å². The van der Waals surface area contributed by atoms with Gasteiger partial charge >= 0.3 is 0 Å². The van der Waals surface area contributed by atoms with Gasteiger partial charge in [-0.15, -0.1) is 9.78 Å². The first-order valence-electron chi connectivity index (χ1n) is 8.85. The maximum absolute atomic E-state index is 9.36. The summed E-state index contributed by atoms with van der Waals surface area (Å²) < 4.78 is 3.12. The molecule has 0 fully saturated rings. The van der Waals surface area contributed by atoms with Crippen LogP contribution in [-0.2, 0) is 13.5 Å². The predicted octanol–water partition coefficient (Wildman–Crippen LogP) is 1.58. The summed E-state index contributed by atoms with van der Waals surface area (Å²) in [5.74, 6) is 1.12. The fourth-order valence-electron chi connectivity index (χ4n) is 2.92. The van der Waals surface area contributed by atoms with Crippen LogP contribution in [0.5, 0.6) is 5.75 Å². The van der Waals surface area contributed by atoms with Gasteiger partial charge in [-0.05, 0) is 17.7 Å². The molecule has 9 heteroatoms. The van der Waals surface area contributed by atoms with Crippen LogP contribution >= 0.6 is 0 Å². The van der Waals surface area contributed by atoms with Crippen LogP contribution in [0.1, 0.15) is 5.56 Å². The number of nitrogens with zero attached hydrogens (tertiary/aromatic N) is 6. The third kappa shape index (κ3) is 3.93. The molecule has 0 aliphatic heterocycles. The zero-order valence-electron chi connectivity index (χ0n) is 15.7. The van der Waals surface area contributed by atoms with E-state index in [1.54, 1.807) is 23.0 Å². The molecule has 0 saturated heterocycles. The van der Waals surface area contributed by atoms with E-state index in [-0.39, 0.29) is 11.6 Å². The number of benzene rings is 1. The second-order valence-electron chi connectivity index (χ2n) is 6.55. The Balaban J connectivity index is 1.60. The van der Waals surface area contributed by atoms with E-state index < -0.39 is 0 Å². The molecule has 0 unspecified atom stereocenters. The molecule has 1 aromatic carbocycles. The largest absolute Gasteiger partial charge is 0.505 e. The SMILES string of the molecule is Cn1cc(-c2ccc(N)[n+](C(=N)Cc3cccc(-c4ncc(O)cn4)c3)n2)cn1. The van der Waals surface area contributed by atoms with Crippen molar-refractivity contribution in [1.29, 1.82) is 5.41 Å². The highest BCUT2D eigenvalue weighted by molar-refractivity contribution is 5.74. The molecule has 0 radical (unpaired) electrons. The van der Waals surface area contributed by atoms with E-state index in [1.165, 1.54) is 17.1 Å². The molecule has 3 heterocycles. The number of aromatic hydroxyl groups is 1. The van der Waals surface area contributed by atoms with Crippen molar-refractivity contribution in [2.45, 2.75) is 6.42 Å². The summed E-state index contributed by atoms with van der Waals surface area (Å²) in [6.07, 6.45) is 6.59. The molecule has 0 saturated carbocycles. The third-order valence-corrected chi connectivity index (χ3v) is 4.32. The van der Waals surface area contributed by atoms with Crippen LogP contribution < -0.4 is 10.4 Å². The van der Waals surface area contributed by atoms with E-state index in [2.05, 4.69) is 20.2 Å². The van der Waals surface area contributed by atoms with E-state index in [0.29, 0.717) is 23.8 Å². The summed E-state index contributed by atoms with van der Waals surface area (Å²) in [7, 11) is 1.84. The number of nitrogens with one attached hydrogen (secondary N) is 1. The molecule has 4 N–H and O–H groups in total. The standard InChI is InChI=1S/C20H18N8O/c1-27-12-15(9-25-27)17-5-6-18(21)28(26-17)19(22)8-13-3-2-4-14(7-13)20-23-10-16(29)11-24-20/h2-7,9-12,21-22,29H,8H2,1H3/p+1. The van der Waals surface area contributed by atoms with Gasteiger partial charge in [-0.25, -0.2) is 9.97 Å². The van der Waals surface area contributed by atoms with Gasteiger partial charge in [-0.3, -0.25) is 4.68 Å². The summed E-state index contributed by atoms with van der Waals surface area (Å²) in [6.45, 7) is 0. The van der Waals surface area contributed by atoms with Gasteiger partial charge in [-0.1, -0.05) is 18.2 Å². The first-order valence-corrected chi connectivity index (χ1v) is 8.85. The summed E-state index contributed by atoms with van der Waals surface area (Å²) in [5, 5.41) is 26.5. The molecule has 4 aromatic rings. The van der Waals surface area contributed by atoms with Crippen LogP contribution in [0.15, 0.2) is 61.2 Å². The molecule has 4 rings (SSSR count). The minimum atomic E-state index is 0.0122. The molecular formula is C20H19N8O+. The fourth-order valence-corrected chi connectivity index (χ4v) is 2.92. The van der Waals surface area contributed by atoms with Gasteiger partial charge in [0.1, 0.15) is 5.69 Å². The van der Waals surface area contributed by atoms with Crippen molar-refractivity contribution in [3.63, 3.8) is 0 Å². The molecule has 0 amide bonds. The van der Waals surface area contributed by atoms with Crippen LogP contribution in [0, 0.1) is 5.41 Å². The second-order valence-corrected chi connectivity index (χ2v) is 6.55. The molecule has 9 nitrogen and oxygen atoms in total. The van der Waals surface area contributed by atoms with Crippen molar-refractivity contribution < 1.29 is 9.79 Å². The molecule has 29 heavy (non-hydrogen) atoms. The van der Waals surface area contributed by atoms with Gasteiger partial charge in [0.05, 0.1) is 25.0 Å². The molecule has 0 bridgehead atoms. The number of nitrogen functional groups attached to an aromatic ring is 1. The highest BCUT2D eigenvalue weighted by atomic mass is 16.3. The number of aryl methyl sites for hydroxylation is 1. The lowest BCUT2D eigenvalue weighted by molar-refractivity contribution is -0.608. The summed E-state index contributed by atoms with van der Waals surface area (Å²) in [5.41, 5.74) is 9.28. The van der Waals surface area contributed by atoms with Crippen molar-refractivity contribution in [3.8, 4) is 28.4 Å². The number of nitrogens with two attached hydrogens (primary N) is 1. The fraction of sp³-hybridized carbons (Fsp3) is 0.100. The molecule has 0 aliphatic rings. The zero-order chi connectivity index (χ0) is 20.4. The average Bonchev–Trinajstić information content (AvgIpc) is 3.15. The first-order chi connectivity index (χ1) is 14.0. The molecule has 144 valence electrons. The normalized spacial score (nSPS) is 10.8. The Morgan fingerprint density at radius 1 is 1.14 bits per heavy atom. The van der Waals surface area contributed by atoms with Gasteiger partial charge in [0, 0.05) is 30.4 Å². The number of rotatable bonds is 4. The minimum absolute atomic E-state index is 0.0122. The van der Waals surface area contributed by atoms with E-state index in [4.69, 9.17) is 11.1 Å². The molecular weight excluding hydrogens is 368 g/mol. The van der Waals surface area contributed by atoms with Crippen molar-refractivity contribution in [2.75, 3.05) is 5.73 Å². The van der Waals surface area contributed by atoms with Crippen LogP contribution in [0.2, 0.25) is 0 Å². The van der Waals surface area contributed by atoms with Crippen LogP contribution in [0.25, 0.3) is 22.6 Å². The van der Waals surface area contributed by atoms with E-state index in [1.807, 2.05) is 37.5 Å². The maximum Gasteiger partial charge on any atom is 0.258 e. The minimum Gasteiger partial charge on any atom is -0.505 e. The van der Waals surface area contributed by atoms with Crippen molar-refractivity contribution in [2.24, 2.45) is 7.05 Å². The lowest BCUT2D eigenvalue weighted by atomic mass is 10.1. The third-order valence-electron chi connectivity index (χ3n) is 4.32. The van der Waals surface area contributed by atoms with Crippen LogP contribution in [-0.4, -0.2) is 35.8 Å². The Morgan fingerprint density at radius 3 is 2.66 bits per heavy atom. The molecule has 0 aliphatic carbocycles. The predicted molar refractivity (Wildman–Crippen MR) is 107 cm³/mol. The Bertz CT molecular complexity index is 1180. The van der Waals surface area contributed by atoms with E-state index >= 15 is 0 Å². The highest BCUT2D eigenvalue weighted by Crippen LogP contribution is 2.18. The number of hydrogen-bond acceptors (Lipinski definition) is 7. The number of anilines is 1. The molecule has 0 spiro atoms. The Morgan fingerprint density at radius 2 is 1.93 bits per heavy atom. The topological polar surface area (TPSA) is 130 Å². The lowest BCUT2D eigenvalue weighted by Crippen LogP contribution is -2.49. The van der Waals surface area contributed by atoms with Crippen LogP contribution in [0.4, 0.5) is 5.82 Å². The summed E-state index contributed by atoms with van der Waals surface area (Å²) >= 11 is 0. The van der Waals surface area contributed by atoms with Gasteiger partial charge in [0.15, 0.2) is 11.6 Å². The van der Waals surface area contributed by atoms with E-state index in [9.17, 15) is 5.11 Å². The van der Waals surface area contributed by atoms with Gasteiger partial charge in [-0.2, -0.15) is 10.5 Å². The Labute approximate surface area is 166 Å². The second kappa shape index (κ2) is 7.47. The van der Waals surface area contributed by atoms with Crippen molar-refractivity contribution >= 4 is 11.7 Å². The van der Waals surface area contributed by atoms with Crippen molar-refractivity contribution in [1.82, 2.24) is 24.8 Å². The smallest absolute Gasteiger partial charge is 0.258 e. The number of aromatic nitrogens is 6. The number of hydrogen-bond donors (Lipinski definition) is 3. The first kappa shape index (κ1) is 18.2. The maximum atomic E-state index is 9.36. The monoisotopic (exact) mass is 387 g/mol. The van der Waals surface area contributed by atoms with E-state index in [0.717, 1.165) is 16.7 Å². The zero-order valence-corrected chi connectivity index (χ0v) is 15.7. The van der Waals surface area contributed by atoms with Gasteiger partial charge < -0.3 is 10.8 Å².